The van der Waals surface area contributed by atoms with E-state index in [0.717, 1.165) is 0 Å². The Morgan fingerprint density at radius 1 is 1.25 bits per heavy atom. The molecule has 72 valence electrons. The first-order valence-electron chi connectivity index (χ1n) is 1.93. The van der Waals surface area contributed by atoms with Crippen LogP contribution in [0.3, 0.4) is 0 Å². The highest BCUT2D eigenvalue weighted by atomic mass is 32.3. The van der Waals surface area contributed by atoms with Crippen LogP contribution in [0.15, 0.2) is 0 Å². The Labute approximate surface area is 67.4 Å². The zero-order valence-electron chi connectivity index (χ0n) is 5.59. The van der Waals surface area contributed by atoms with Crippen molar-refractivity contribution in [2.75, 3.05) is 0 Å². The van der Waals surface area contributed by atoms with Crippen molar-refractivity contribution in [3.8, 4) is 0 Å². The van der Waals surface area contributed by atoms with E-state index in [4.69, 9.17) is 32.5 Å². The van der Waals surface area contributed by atoms with Crippen LogP contribution in [0.5, 0.6) is 0 Å². The van der Waals surface area contributed by atoms with E-state index < -0.39 is 10.4 Å². The van der Waals surface area contributed by atoms with E-state index in [1.165, 1.54) is 0 Å². The van der Waals surface area contributed by atoms with Crippen LogP contribution in [0.2, 0.25) is 0 Å². The van der Waals surface area contributed by atoms with Gasteiger partial charge in [0.1, 0.15) is 0 Å². The molecule has 0 rings (SSSR count). The van der Waals surface area contributed by atoms with Crippen LogP contribution in [0.1, 0.15) is 0 Å². The molecule has 12 heavy (non-hydrogen) atoms. The van der Waals surface area contributed by atoms with E-state index in [0.29, 0.717) is 0 Å². The predicted molar refractivity (Wildman–Crippen MR) is 35.3 cm³/mol. The van der Waals surface area contributed by atoms with E-state index >= 15 is 0 Å². The van der Waals surface area contributed by atoms with Crippen molar-refractivity contribution in [2.45, 2.75) is 0 Å². The minimum absolute atomic E-state index is 0.250. The third kappa shape index (κ3) is 220. The van der Waals surface area contributed by atoms with Gasteiger partial charge in [0.2, 0.25) is 0 Å². The fourth-order valence-corrected chi connectivity index (χ4v) is 0. The third-order valence-electron chi connectivity index (χ3n) is 0. The van der Waals surface area contributed by atoms with Gasteiger partial charge in [-0.15, -0.1) is 0 Å². The van der Waals surface area contributed by atoms with E-state index in [1.54, 1.807) is 0 Å². The molecule has 0 radical (unpaired) electrons. The maximum Gasteiger partial charge on any atom is 0.394 e. The molecule has 0 aromatic rings. The van der Waals surface area contributed by atoms with E-state index in [9.17, 15) is 0 Å². The Bertz CT molecular complexity index is 226. The minimum atomic E-state index is -4.67. The highest BCUT2D eigenvalue weighted by Crippen LogP contribution is 1.59. The summed E-state index contributed by atoms with van der Waals surface area (Å²) >= 11 is 0. The smallest absolute Gasteiger partial charge is 0.370 e. The number of hydrogen-bond donors (Lipinski definition) is 5. The summed E-state index contributed by atoms with van der Waals surface area (Å²) in [5, 5.41) is 6.06. The minimum Gasteiger partial charge on any atom is -0.370 e. The number of hydrogen-bond acceptors (Lipinski definition) is 5. The lowest BCUT2D eigenvalue weighted by molar-refractivity contribution is -0.191. The van der Waals surface area contributed by atoms with Crippen molar-refractivity contribution >= 4 is 22.5 Å². The Morgan fingerprint density at radius 2 is 1.25 bits per heavy atom. The molecule has 0 amide bonds. The fourth-order valence-electron chi connectivity index (χ4n) is 0. The van der Waals surface area contributed by atoms with Crippen molar-refractivity contribution in [2.24, 2.45) is 11.5 Å². The third-order valence-corrected chi connectivity index (χ3v) is 0. The van der Waals surface area contributed by atoms with Crippen molar-refractivity contribution < 1.29 is 27.1 Å². The summed E-state index contributed by atoms with van der Waals surface area (Å²) in [6.45, 7) is 0. The van der Waals surface area contributed by atoms with E-state index in [-0.39, 0.29) is 12.1 Å². The van der Waals surface area contributed by atoms with Crippen LogP contribution in [-0.4, -0.2) is 29.6 Å². The topological polar surface area (TPSA) is 185 Å². The number of nitrogens with two attached hydrogens (primary N) is 2. The number of guanidine groups is 1. The van der Waals surface area contributed by atoms with Gasteiger partial charge in [-0.25, -0.2) is 0 Å². The maximum absolute atomic E-state index is 8.74. The number of rotatable bonds is 0. The average molecular weight is 201 g/mol. The normalized spacial score (nSPS) is 7.50. The van der Waals surface area contributed by atoms with Crippen molar-refractivity contribution in [3.63, 3.8) is 0 Å². The molecule has 0 saturated carbocycles. The lowest BCUT2D eigenvalue weighted by Gasteiger charge is -1.69. The Morgan fingerprint density at radius 3 is 1.25 bits per heavy atom. The first kappa shape index (κ1) is 16.9. The summed E-state index contributed by atoms with van der Waals surface area (Å²) in [6.07, 6.45) is 0.250. The van der Waals surface area contributed by atoms with Crippen LogP contribution in [0, 0.1) is 5.41 Å². The summed E-state index contributed by atoms with van der Waals surface area (Å²) in [5.41, 5.74) is 8.94. The molecule has 0 aliphatic carbocycles. The molecule has 0 unspecified atom stereocenters. The molecule has 7 N–H and O–H groups in total. The molecule has 10 heteroatoms. The number of carbonyl (C=O) groups excluding carboxylic acids is 2. The zero-order valence-corrected chi connectivity index (χ0v) is 6.41. The molecule has 0 aliphatic rings. The predicted octanol–water partition coefficient (Wildman–Crippen LogP) is -2.40. The van der Waals surface area contributed by atoms with Crippen molar-refractivity contribution in [1.82, 2.24) is 0 Å². The summed E-state index contributed by atoms with van der Waals surface area (Å²) in [4.78, 5) is 16.2. The second kappa shape index (κ2) is 9.52. The molecule has 0 heterocycles. The van der Waals surface area contributed by atoms with Gasteiger partial charge in [0, 0.05) is 0 Å². The summed E-state index contributed by atoms with van der Waals surface area (Å²) in [7, 11) is -4.67. The Balaban J connectivity index is -0.000000105. The maximum atomic E-state index is 8.74. The number of nitrogens with one attached hydrogen (secondary N) is 1. The second-order valence-corrected chi connectivity index (χ2v) is 1.88. The SMILES string of the molecule is N=C(N)N.O=C=O.O=S(=O)(O)O. The molecule has 9 nitrogen and oxygen atoms in total. The lowest BCUT2D eigenvalue weighted by atomic mass is 11.1. The molecule has 0 saturated heterocycles. The van der Waals surface area contributed by atoms with Crippen molar-refractivity contribution in [1.29, 1.82) is 5.41 Å². The van der Waals surface area contributed by atoms with Gasteiger partial charge in [0.05, 0.1) is 0 Å². The monoisotopic (exact) mass is 201 g/mol. The standard InChI is InChI=1S/CH5N3.CO2.H2O4S/c2-1(3)4;2-1-3;1-5(2,3)4/h(H5,2,3,4);;(H2,1,2,3,4). The van der Waals surface area contributed by atoms with Gasteiger partial charge in [-0.05, 0) is 0 Å². The molecular formula is C2H7N3O6S. The average Bonchev–Trinajstić information content (AvgIpc) is 1.56. The van der Waals surface area contributed by atoms with Crippen LogP contribution in [0.25, 0.3) is 0 Å². The molecule has 0 aliphatic heterocycles. The largest absolute Gasteiger partial charge is 0.394 e. The van der Waals surface area contributed by atoms with Crippen LogP contribution >= 0.6 is 0 Å². The Kier molecular flexibility index (Phi) is 13.4. The van der Waals surface area contributed by atoms with Gasteiger partial charge in [-0.2, -0.15) is 18.0 Å². The van der Waals surface area contributed by atoms with Crippen molar-refractivity contribution in [3.05, 3.63) is 0 Å². The van der Waals surface area contributed by atoms with Crippen LogP contribution in [-0.2, 0) is 20.0 Å². The quantitative estimate of drug-likeness (QED) is 0.163. The molecule has 0 aromatic carbocycles. The van der Waals surface area contributed by atoms with Gasteiger partial charge in [-0.3, -0.25) is 14.5 Å². The van der Waals surface area contributed by atoms with Gasteiger partial charge in [0.15, 0.2) is 5.96 Å². The molecule has 0 aromatic heterocycles. The molecule has 0 atom stereocenters. The molecule has 0 bridgehead atoms. The van der Waals surface area contributed by atoms with Gasteiger partial charge in [0.25, 0.3) is 0 Å². The molecule has 0 fully saturated rings. The summed E-state index contributed by atoms with van der Waals surface area (Å²) < 4.78 is 31.6. The second-order valence-electron chi connectivity index (χ2n) is 0.987. The molecular weight excluding hydrogens is 194 g/mol. The van der Waals surface area contributed by atoms with Gasteiger partial charge in [-0.1, -0.05) is 0 Å². The van der Waals surface area contributed by atoms with Gasteiger partial charge < -0.3 is 11.5 Å². The van der Waals surface area contributed by atoms with Crippen LogP contribution in [0.4, 0.5) is 0 Å². The molecule has 0 spiro atoms. The first-order chi connectivity index (χ1) is 5.15. The fraction of sp³-hybridized carbons (Fsp3) is 0. The zero-order chi connectivity index (χ0) is 10.8. The highest BCUT2D eigenvalue weighted by molar-refractivity contribution is 7.79. The van der Waals surface area contributed by atoms with Gasteiger partial charge >= 0.3 is 16.6 Å². The Hall–Kier alpha value is -1.48. The highest BCUT2D eigenvalue weighted by Gasteiger charge is 1.84. The first-order valence-corrected chi connectivity index (χ1v) is 3.33. The summed E-state index contributed by atoms with van der Waals surface area (Å²) in [6, 6.07) is 0. The lowest BCUT2D eigenvalue weighted by Crippen LogP contribution is -2.20. The van der Waals surface area contributed by atoms with Crippen LogP contribution < -0.4 is 11.5 Å². The summed E-state index contributed by atoms with van der Waals surface area (Å²) in [5.74, 6) is -0.333. The van der Waals surface area contributed by atoms with E-state index in [1.807, 2.05) is 0 Å². The van der Waals surface area contributed by atoms with E-state index in [2.05, 4.69) is 11.5 Å².